The van der Waals surface area contributed by atoms with Crippen molar-refractivity contribution in [3.05, 3.63) is 39.3 Å². The van der Waals surface area contributed by atoms with Crippen molar-refractivity contribution < 1.29 is 49.1 Å². The number of alkyl halides is 9. The standard InChI is InChI=1S/C17H11BrF9N5O2/c1-32-11(9(16(22,23)24)12(31-32)15(20,21)17(25,26)27)14(34)30-8-3-2-5(18)10(29-8)13(33)28-7-4-6(7)19/h2-3,6-7H,4H2,1H3,(H,28,33)(H,29,30,34)/t6-,7+/m0/s1. The Kier molecular flexibility index (Phi) is 6.38. The van der Waals surface area contributed by atoms with E-state index < -0.39 is 70.8 Å². The number of halogens is 10. The van der Waals surface area contributed by atoms with Crippen LogP contribution >= 0.6 is 15.9 Å². The molecule has 1 aliphatic carbocycles. The van der Waals surface area contributed by atoms with Crippen LogP contribution in [0.3, 0.4) is 0 Å². The summed E-state index contributed by atoms with van der Waals surface area (Å²) in [6, 6.07) is 1.38. The lowest BCUT2D eigenvalue weighted by molar-refractivity contribution is -0.292. The van der Waals surface area contributed by atoms with Gasteiger partial charge in [-0.15, -0.1) is 0 Å². The van der Waals surface area contributed by atoms with Crippen LogP contribution in [0.4, 0.5) is 45.3 Å². The highest BCUT2D eigenvalue weighted by Crippen LogP contribution is 2.48. The summed E-state index contributed by atoms with van der Waals surface area (Å²) in [6.07, 6.45) is -13.5. The number of nitrogens with zero attached hydrogens (tertiary/aromatic N) is 3. The fourth-order valence-electron chi connectivity index (χ4n) is 2.80. The molecular weight excluding hydrogens is 557 g/mol. The maximum absolute atomic E-state index is 13.7. The molecule has 0 bridgehead atoms. The quantitative estimate of drug-likeness (QED) is 0.526. The Morgan fingerprint density at radius 1 is 1.09 bits per heavy atom. The van der Waals surface area contributed by atoms with Gasteiger partial charge >= 0.3 is 18.3 Å². The minimum absolute atomic E-state index is 0.0580. The molecule has 7 nitrogen and oxygen atoms in total. The summed E-state index contributed by atoms with van der Waals surface area (Å²) < 4.78 is 119. The number of aromatic nitrogens is 3. The van der Waals surface area contributed by atoms with Crippen LogP contribution in [0, 0.1) is 0 Å². The number of hydrogen-bond donors (Lipinski definition) is 2. The number of carbonyl (C=O) groups is 2. The van der Waals surface area contributed by atoms with E-state index in [4.69, 9.17) is 0 Å². The van der Waals surface area contributed by atoms with Gasteiger partial charge in [0.15, 0.2) is 5.69 Å². The molecule has 2 atom stereocenters. The van der Waals surface area contributed by atoms with E-state index in [0.717, 1.165) is 12.1 Å². The van der Waals surface area contributed by atoms with E-state index in [9.17, 15) is 49.1 Å². The maximum Gasteiger partial charge on any atom is 0.459 e. The summed E-state index contributed by atoms with van der Waals surface area (Å²) in [5, 5.41) is 6.70. The van der Waals surface area contributed by atoms with Crippen molar-refractivity contribution in [3.8, 4) is 0 Å². The van der Waals surface area contributed by atoms with Gasteiger partial charge < -0.3 is 10.6 Å². The summed E-state index contributed by atoms with van der Waals surface area (Å²) >= 11 is 2.98. The third kappa shape index (κ3) is 4.83. The highest BCUT2D eigenvalue weighted by Gasteiger charge is 2.64. The molecule has 0 unspecified atom stereocenters. The van der Waals surface area contributed by atoms with Crippen LogP contribution in [-0.4, -0.2) is 45.0 Å². The van der Waals surface area contributed by atoms with Crippen LogP contribution < -0.4 is 10.6 Å². The van der Waals surface area contributed by atoms with Crippen LogP contribution in [-0.2, 0) is 19.1 Å². The minimum Gasteiger partial charge on any atom is -0.345 e. The number of aryl methyl sites for hydroxylation is 1. The first kappa shape index (κ1) is 25.8. The normalized spacial score (nSPS) is 18.6. The molecule has 2 aromatic rings. The lowest BCUT2D eigenvalue weighted by Crippen LogP contribution is -2.36. The monoisotopic (exact) mass is 567 g/mol. The first-order valence-corrected chi connectivity index (χ1v) is 9.76. The van der Waals surface area contributed by atoms with Gasteiger partial charge in [-0.25, -0.2) is 9.37 Å². The first-order valence-electron chi connectivity index (χ1n) is 8.97. The summed E-state index contributed by atoms with van der Waals surface area (Å²) in [4.78, 5) is 28.4. The van der Waals surface area contributed by atoms with Crippen molar-refractivity contribution in [3.63, 3.8) is 0 Å². The molecule has 0 aliphatic heterocycles. The first-order chi connectivity index (χ1) is 15.4. The van der Waals surface area contributed by atoms with Gasteiger partial charge in [0.25, 0.3) is 11.8 Å². The van der Waals surface area contributed by atoms with Crippen LogP contribution in [0.5, 0.6) is 0 Å². The van der Waals surface area contributed by atoms with E-state index in [2.05, 4.69) is 31.3 Å². The average molecular weight is 568 g/mol. The van der Waals surface area contributed by atoms with Gasteiger partial charge in [0.1, 0.15) is 28.9 Å². The second kappa shape index (κ2) is 8.42. The molecule has 1 aliphatic rings. The van der Waals surface area contributed by atoms with Crippen molar-refractivity contribution >= 4 is 33.6 Å². The van der Waals surface area contributed by atoms with Crippen molar-refractivity contribution in [1.82, 2.24) is 20.1 Å². The Labute approximate surface area is 191 Å². The van der Waals surface area contributed by atoms with E-state index >= 15 is 0 Å². The molecule has 2 heterocycles. The van der Waals surface area contributed by atoms with Crippen LogP contribution in [0.15, 0.2) is 16.6 Å². The topological polar surface area (TPSA) is 88.9 Å². The summed E-state index contributed by atoms with van der Waals surface area (Å²) in [5.74, 6) is -9.24. The molecule has 186 valence electrons. The zero-order valence-corrected chi connectivity index (χ0v) is 18.0. The third-order valence-corrected chi connectivity index (χ3v) is 5.17. The number of amides is 2. The third-order valence-electron chi connectivity index (χ3n) is 4.53. The molecule has 1 fully saturated rings. The summed E-state index contributed by atoms with van der Waals surface area (Å²) in [5.41, 5.74) is -7.34. The second-order valence-corrected chi connectivity index (χ2v) is 7.93. The Morgan fingerprint density at radius 2 is 1.68 bits per heavy atom. The van der Waals surface area contributed by atoms with Crippen LogP contribution in [0.2, 0.25) is 0 Å². The largest absolute Gasteiger partial charge is 0.459 e. The van der Waals surface area contributed by atoms with Gasteiger partial charge in [-0.1, -0.05) is 0 Å². The lowest BCUT2D eigenvalue weighted by atomic mass is 10.1. The minimum atomic E-state index is -6.43. The number of rotatable bonds is 5. The van der Waals surface area contributed by atoms with Gasteiger partial charge in [-0.2, -0.15) is 40.2 Å². The van der Waals surface area contributed by atoms with Gasteiger partial charge in [0.05, 0.1) is 6.04 Å². The fraction of sp³-hybridized carbons (Fsp3) is 0.412. The van der Waals surface area contributed by atoms with Crippen molar-refractivity contribution in [2.45, 2.75) is 36.9 Å². The predicted octanol–water partition coefficient (Wildman–Crippen LogP) is 4.34. The zero-order valence-electron chi connectivity index (χ0n) is 16.5. The molecule has 1 saturated carbocycles. The molecule has 0 saturated heterocycles. The zero-order chi connectivity index (χ0) is 25.8. The molecule has 0 spiro atoms. The molecule has 0 aromatic carbocycles. The highest BCUT2D eigenvalue weighted by atomic mass is 79.9. The van der Waals surface area contributed by atoms with E-state index in [0.29, 0.717) is 7.05 Å². The predicted molar refractivity (Wildman–Crippen MR) is 98.8 cm³/mol. The number of hydrogen-bond acceptors (Lipinski definition) is 4. The number of nitrogens with one attached hydrogen (secondary N) is 2. The SMILES string of the molecule is Cn1nc(C(F)(F)C(F)(F)F)c(C(F)(F)F)c1C(=O)Nc1ccc(Br)c(C(=O)N[C@@H]2C[C@@H]2F)n1. The number of pyridine rings is 1. The molecule has 0 radical (unpaired) electrons. The summed E-state index contributed by atoms with van der Waals surface area (Å²) in [6.45, 7) is 0. The molecule has 3 rings (SSSR count). The Balaban J connectivity index is 1.98. The van der Waals surface area contributed by atoms with Gasteiger partial charge in [0.2, 0.25) is 0 Å². The average Bonchev–Trinajstić information content (AvgIpc) is 3.23. The van der Waals surface area contributed by atoms with E-state index in [1.165, 1.54) is 0 Å². The van der Waals surface area contributed by atoms with Crippen molar-refractivity contribution in [2.24, 2.45) is 7.05 Å². The highest BCUT2D eigenvalue weighted by molar-refractivity contribution is 9.10. The lowest BCUT2D eigenvalue weighted by Gasteiger charge is -2.19. The molecule has 17 heteroatoms. The van der Waals surface area contributed by atoms with E-state index in [1.54, 1.807) is 5.32 Å². The maximum atomic E-state index is 13.7. The molecule has 2 amide bonds. The van der Waals surface area contributed by atoms with Crippen molar-refractivity contribution in [1.29, 1.82) is 0 Å². The van der Waals surface area contributed by atoms with Gasteiger partial charge in [-0.05, 0) is 28.1 Å². The van der Waals surface area contributed by atoms with Crippen LogP contribution in [0.25, 0.3) is 0 Å². The van der Waals surface area contributed by atoms with Gasteiger partial charge in [-0.3, -0.25) is 14.3 Å². The summed E-state index contributed by atoms with van der Waals surface area (Å²) in [7, 11) is 0.566. The molecule has 34 heavy (non-hydrogen) atoms. The van der Waals surface area contributed by atoms with Crippen LogP contribution in [0.1, 0.15) is 38.7 Å². The van der Waals surface area contributed by atoms with Gasteiger partial charge in [0, 0.05) is 17.9 Å². The Hall–Kier alpha value is -2.85. The molecular formula is C17H11BrF9N5O2. The molecule has 2 aromatic heterocycles. The number of carbonyl (C=O) groups excluding carboxylic acids is 2. The van der Waals surface area contributed by atoms with E-state index in [1.807, 2.05) is 0 Å². The smallest absolute Gasteiger partial charge is 0.345 e. The van der Waals surface area contributed by atoms with E-state index in [-0.39, 0.29) is 15.6 Å². The number of anilines is 1. The van der Waals surface area contributed by atoms with Crippen molar-refractivity contribution in [2.75, 3.05) is 5.32 Å². The molecule has 2 N–H and O–H groups in total. The Morgan fingerprint density at radius 3 is 2.18 bits per heavy atom. The Bertz CT molecular complexity index is 1150. The fourth-order valence-corrected chi connectivity index (χ4v) is 3.20. The second-order valence-electron chi connectivity index (χ2n) is 7.08.